The first kappa shape index (κ1) is 57.0. The van der Waals surface area contributed by atoms with Crippen LogP contribution < -0.4 is 5.73 Å². The van der Waals surface area contributed by atoms with Crippen LogP contribution in [0.2, 0.25) is 0 Å². The van der Waals surface area contributed by atoms with Gasteiger partial charge in [-0.25, -0.2) is 4.57 Å². The van der Waals surface area contributed by atoms with Crippen molar-refractivity contribution in [3.8, 4) is 0 Å². The van der Waals surface area contributed by atoms with Crippen LogP contribution in [0.3, 0.4) is 0 Å². The maximum atomic E-state index is 12.6. The maximum Gasteiger partial charge on any atom is 0.472 e. The highest BCUT2D eigenvalue weighted by atomic mass is 31.2. The topological polar surface area (TPSA) is 134 Å². The highest BCUT2D eigenvalue weighted by molar-refractivity contribution is 7.47. The molecule has 1 unspecified atom stereocenters. The summed E-state index contributed by atoms with van der Waals surface area (Å²) in [6.45, 7) is 3.69. The third-order valence-corrected chi connectivity index (χ3v) is 11.2. The van der Waals surface area contributed by atoms with Gasteiger partial charge >= 0.3 is 19.8 Å². The molecule has 0 saturated carbocycles. The summed E-state index contributed by atoms with van der Waals surface area (Å²) in [5, 5.41) is 0. The summed E-state index contributed by atoms with van der Waals surface area (Å²) in [6, 6.07) is 0. The molecule has 9 nitrogen and oxygen atoms in total. The number of esters is 2. The van der Waals surface area contributed by atoms with Gasteiger partial charge < -0.3 is 20.1 Å². The molecule has 0 aromatic carbocycles. The Hall–Kier alpha value is -2.03. The summed E-state index contributed by atoms with van der Waals surface area (Å²) in [5.41, 5.74) is 5.36. The van der Waals surface area contributed by atoms with E-state index in [-0.39, 0.29) is 38.6 Å². The molecule has 0 rings (SSSR count). The van der Waals surface area contributed by atoms with Gasteiger partial charge in [-0.05, 0) is 77.0 Å². The minimum Gasteiger partial charge on any atom is -0.462 e. The lowest BCUT2D eigenvalue weighted by molar-refractivity contribution is -0.161. The van der Waals surface area contributed by atoms with Gasteiger partial charge in [-0.1, -0.05) is 178 Å². The number of unbranched alkanes of at least 4 members (excludes halogenated alkanes) is 24. The largest absolute Gasteiger partial charge is 0.472 e. The van der Waals surface area contributed by atoms with Gasteiger partial charge in [0.2, 0.25) is 0 Å². The zero-order chi connectivity index (χ0) is 43.2. The van der Waals surface area contributed by atoms with Crippen LogP contribution in [0.5, 0.6) is 0 Å². The smallest absolute Gasteiger partial charge is 0.462 e. The molecule has 0 aliphatic heterocycles. The minimum absolute atomic E-state index is 0.0510. The lowest BCUT2D eigenvalue weighted by atomic mass is 10.1. The molecule has 0 bridgehead atoms. The second-order valence-corrected chi connectivity index (χ2v) is 17.4. The second kappa shape index (κ2) is 45.5. The maximum absolute atomic E-state index is 12.6. The Morgan fingerprint density at radius 2 is 0.881 bits per heavy atom. The van der Waals surface area contributed by atoms with Crippen molar-refractivity contribution in [2.75, 3.05) is 26.4 Å². The molecule has 59 heavy (non-hydrogen) atoms. The number of rotatable bonds is 45. The van der Waals surface area contributed by atoms with E-state index in [0.717, 1.165) is 57.8 Å². The molecule has 0 spiro atoms. The number of phosphoric ester groups is 1. The van der Waals surface area contributed by atoms with E-state index < -0.39 is 26.5 Å². The number of ether oxygens (including phenoxy) is 2. The van der Waals surface area contributed by atoms with E-state index in [4.69, 9.17) is 24.3 Å². The fraction of sp³-hybridized carbons (Fsp3) is 0.796. The van der Waals surface area contributed by atoms with Crippen molar-refractivity contribution in [1.29, 1.82) is 0 Å². The highest BCUT2D eigenvalue weighted by Crippen LogP contribution is 2.43. The van der Waals surface area contributed by atoms with E-state index in [0.29, 0.717) is 6.42 Å². The van der Waals surface area contributed by atoms with Gasteiger partial charge in [-0.3, -0.25) is 18.6 Å². The van der Waals surface area contributed by atoms with E-state index in [1.54, 1.807) is 0 Å². The number of carbonyl (C=O) groups is 2. The van der Waals surface area contributed by atoms with Crippen molar-refractivity contribution in [2.45, 2.75) is 225 Å². The quantitative estimate of drug-likeness (QED) is 0.0266. The summed E-state index contributed by atoms with van der Waals surface area (Å²) >= 11 is 0. The van der Waals surface area contributed by atoms with Gasteiger partial charge in [0.1, 0.15) is 6.61 Å². The summed E-state index contributed by atoms with van der Waals surface area (Å²) in [5.74, 6) is -0.835. The SMILES string of the molecule is CCCCC/C=C/C/C=C/CCCCCCCCCCCC(=O)OC[C@H](COP(=O)(O)OCCN)OC(=O)CCCCCCCCCCC/C=C/C/C=C/CCCCC. The highest BCUT2D eigenvalue weighted by Gasteiger charge is 2.26. The lowest BCUT2D eigenvalue weighted by Crippen LogP contribution is -2.29. The van der Waals surface area contributed by atoms with Gasteiger partial charge in [0.05, 0.1) is 13.2 Å². The first-order valence-electron chi connectivity index (χ1n) is 24.1. The first-order chi connectivity index (χ1) is 28.8. The summed E-state index contributed by atoms with van der Waals surface area (Å²) in [6.07, 6.45) is 52.8. The van der Waals surface area contributed by atoms with E-state index in [1.165, 1.54) is 128 Å². The molecule has 344 valence electrons. The molecule has 0 aliphatic rings. The Morgan fingerprint density at radius 3 is 1.29 bits per heavy atom. The minimum atomic E-state index is -4.38. The molecule has 0 aromatic rings. The van der Waals surface area contributed by atoms with Gasteiger partial charge in [0.15, 0.2) is 6.10 Å². The van der Waals surface area contributed by atoms with Crippen molar-refractivity contribution < 1.29 is 37.6 Å². The summed E-state index contributed by atoms with van der Waals surface area (Å²) < 4.78 is 32.9. The van der Waals surface area contributed by atoms with Crippen LogP contribution in [0.1, 0.15) is 219 Å². The molecule has 0 saturated heterocycles. The van der Waals surface area contributed by atoms with Crippen molar-refractivity contribution in [1.82, 2.24) is 0 Å². The first-order valence-corrected chi connectivity index (χ1v) is 25.6. The Balaban J connectivity index is 4.09. The van der Waals surface area contributed by atoms with Crippen LogP contribution in [-0.4, -0.2) is 49.3 Å². The average molecular weight is 852 g/mol. The Morgan fingerprint density at radius 1 is 0.508 bits per heavy atom. The number of allylic oxidation sites excluding steroid dienone is 8. The Bertz CT molecular complexity index is 1110. The van der Waals surface area contributed by atoms with E-state index >= 15 is 0 Å². The summed E-state index contributed by atoms with van der Waals surface area (Å²) in [4.78, 5) is 35.0. The van der Waals surface area contributed by atoms with Crippen molar-refractivity contribution in [3.63, 3.8) is 0 Å². The van der Waals surface area contributed by atoms with Crippen LogP contribution in [0.15, 0.2) is 48.6 Å². The molecule has 0 aromatic heterocycles. The number of hydrogen-bond donors (Lipinski definition) is 2. The fourth-order valence-corrected chi connectivity index (χ4v) is 7.34. The molecular weight excluding hydrogens is 762 g/mol. The predicted molar refractivity (Wildman–Crippen MR) is 247 cm³/mol. The van der Waals surface area contributed by atoms with Gasteiger partial charge in [0, 0.05) is 19.4 Å². The molecule has 2 atom stereocenters. The Labute approximate surface area is 362 Å². The summed E-state index contributed by atoms with van der Waals surface area (Å²) in [7, 11) is -4.38. The third-order valence-electron chi connectivity index (χ3n) is 10.2. The Kier molecular flexibility index (Phi) is 43.9. The molecular formula is C49H90NO8P. The van der Waals surface area contributed by atoms with Crippen LogP contribution in [0.25, 0.3) is 0 Å². The molecule has 0 fully saturated rings. The standard InChI is InChI=1S/C49H90NO8P/c1-3-5-7-9-11-13-15-17-19-21-23-25-27-29-31-33-35-37-39-41-48(51)55-45-47(46-57-59(53,54)56-44-43-50)58-49(52)42-40-38-36-34-32-30-28-26-24-22-20-18-16-14-12-10-8-6-4-2/h11-14,17-20,47H,3-10,15-16,21-46,50H2,1-2H3,(H,53,54)/b13-11+,14-12+,19-17+,20-18+/t47-/m1/s1. The number of carbonyl (C=O) groups excluding carboxylic acids is 2. The van der Waals surface area contributed by atoms with Gasteiger partial charge in [-0.2, -0.15) is 0 Å². The average Bonchev–Trinajstić information content (AvgIpc) is 3.22. The zero-order valence-corrected chi connectivity index (χ0v) is 38.9. The van der Waals surface area contributed by atoms with Gasteiger partial charge in [-0.15, -0.1) is 0 Å². The van der Waals surface area contributed by atoms with E-state index in [9.17, 15) is 19.0 Å². The van der Waals surface area contributed by atoms with Gasteiger partial charge in [0.25, 0.3) is 0 Å². The van der Waals surface area contributed by atoms with Crippen molar-refractivity contribution >= 4 is 19.8 Å². The van der Waals surface area contributed by atoms with Crippen LogP contribution in [0.4, 0.5) is 0 Å². The molecule has 0 amide bonds. The van der Waals surface area contributed by atoms with E-state index in [1.807, 2.05) is 0 Å². The number of nitrogens with two attached hydrogens (primary N) is 1. The zero-order valence-electron chi connectivity index (χ0n) is 38.0. The third kappa shape index (κ3) is 45.3. The van der Waals surface area contributed by atoms with Crippen LogP contribution >= 0.6 is 7.82 Å². The number of hydrogen-bond acceptors (Lipinski definition) is 8. The normalized spacial score (nSPS) is 13.6. The predicted octanol–water partition coefficient (Wildman–Crippen LogP) is 14.3. The van der Waals surface area contributed by atoms with Crippen LogP contribution in [0, 0.1) is 0 Å². The molecule has 0 aliphatic carbocycles. The molecule has 10 heteroatoms. The monoisotopic (exact) mass is 852 g/mol. The van der Waals surface area contributed by atoms with Crippen LogP contribution in [-0.2, 0) is 32.7 Å². The second-order valence-electron chi connectivity index (χ2n) is 16.0. The van der Waals surface area contributed by atoms with E-state index in [2.05, 4.69) is 62.5 Å². The molecule has 0 radical (unpaired) electrons. The fourth-order valence-electron chi connectivity index (χ4n) is 6.58. The van der Waals surface area contributed by atoms with Crippen molar-refractivity contribution in [3.05, 3.63) is 48.6 Å². The molecule has 3 N–H and O–H groups in total. The molecule has 0 heterocycles. The lowest BCUT2D eigenvalue weighted by Gasteiger charge is -2.19. The number of phosphoric acid groups is 1. The van der Waals surface area contributed by atoms with Crippen molar-refractivity contribution in [2.24, 2.45) is 5.73 Å².